The van der Waals surface area contributed by atoms with Crippen LogP contribution in [0.3, 0.4) is 0 Å². The maximum atomic E-state index is 13.1. The zero-order valence-electron chi connectivity index (χ0n) is 33.4. The molecule has 8 rings (SSSR count). The van der Waals surface area contributed by atoms with Crippen LogP contribution in [-0.2, 0) is 26.5 Å². The van der Waals surface area contributed by atoms with E-state index in [0.29, 0.717) is 17.2 Å². The number of hydrogen-bond donors (Lipinski definition) is 0. The van der Waals surface area contributed by atoms with E-state index in [9.17, 15) is 13.2 Å². The van der Waals surface area contributed by atoms with Crippen molar-refractivity contribution in [2.75, 3.05) is 0 Å². The molecule has 0 saturated carbocycles. The number of hydrogen-bond acceptors (Lipinski definition) is 3. The van der Waals surface area contributed by atoms with Crippen LogP contribution in [0.2, 0.25) is 0 Å². The molecule has 283 valence electrons. The Bertz CT molecular complexity index is 2630. The van der Waals surface area contributed by atoms with Gasteiger partial charge in [0.15, 0.2) is 0 Å². The van der Waals surface area contributed by atoms with Gasteiger partial charge >= 0.3 is 6.18 Å². The van der Waals surface area contributed by atoms with Crippen molar-refractivity contribution in [3.8, 4) is 28.3 Å². The van der Waals surface area contributed by atoms with E-state index >= 15 is 0 Å². The van der Waals surface area contributed by atoms with Crippen LogP contribution in [-0.4, -0.2) is 20.7 Å². The Morgan fingerprint density at radius 2 is 1.53 bits per heavy atom. The summed E-state index contributed by atoms with van der Waals surface area (Å²) in [4.78, 5) is 9.21. The minimum absolute atomic E-state index is 0. The number of fused-ring (bicyclic) bond motifs is 4. The molecule has 0 amide bonds. The molecule has 0 unspecified atom stereocenters. The van der Waals surface area contributed by atoms with Crippen LogP contribution in [0.15, 0.2) is 126 Å². The van der Waals surface area contributed by atoms with Gasteiger partial charge in [-0.1, -0.05) is 84.0 Å². The first-order chi connectivity index (χ1) is 26.6. The van der Waals surface area contributed by atoms with Crippen LogP contribution in [0.5, 0.6) is 0 Å². The van der Waals surface area contributed by atoms with Crippen molar-refractivity contribution in [1.82, 2.24) is 14.5 Å². The molecule has 0 aliphatic rings. The van der Waals surface area contributed by atoms with Gasteiger partial charge in [-0.15, -0.1) is 71.3 Å². The number of pyridine rings is 1. The minimum atomic E-state index is -4.66. The molecule has 55 heavy (non-hydrogen) atoms. The van der Waals surface area contributed by atoms with E-state index in [1.54, 1.807) is 24.4 Å². The Balaban J connectivity index is 0.000000208. The Morgan fingerprint density at radius 1 is 0.800 bits per heavy atom. The molecule has 0 aliphatic heterocycles. The third-order valence-electron chi connectivity index (χ3n) is 9.56. The Kier molecular flexibility index (Phi) is 10.7. The SMILES string of the molecule is CC(C)c1cc2c(oc3ccccc32)c(C(C)C)c1-n1c(-c2[c-]cccc2)nc2ccccc21.[2H]C([2H])(c1c[c-]c(-c2ccccn2)cc1)C(C)(C)C(F)(F)F.[Ir]. The third kappa shape index (κ3) is 7.89. The second kappa shape index (κ2) is 16.0. The predicted octanol–water partition coefficient (Wildman–Crippen LogP) is 13.3. The summed E-state index contributed by atoms with van der Waals surface area (Å²) < 4.78 is 64.0. The van der Waals surface area contributed by atoms with Crippen molar-refractivity contribution in [1.29, 1.82) is 0 Å². The van der Waals surface area contributed by atoms with Gasteiger partial charge in [0.05, 0.1) is 22.3 Å². The van der Waals surface area contributed by atoms with E-state index in [4.69, 9.17) is 12.1 Å². The molecule has 0 fully saturated rings. The number of nitrogens with zero attached hydrogens (tertiary/aromatic N) is 3. The van der Waals surface area contributed by atoms with Crippen molar-refractivity contribution >= 4 is 33.0 Å². The zero-order valence-corrected chi connectivity index (χ0v) is 33.8. The van der Waals surface area contributed by atoms with Crippen LogP contribution in [0.4, 0.5) is 13.2 Å². The summed E-state index contributed by atoms with van der Waals surface area (Å²) in [6, 6.07) is 42.8. The molecular weight excluding hydrogens is 872 g/mol. The molecule has 5 aromatic carbocycles. The van der Waals surface area contributed by atoms with Gasteiger partial charge in [0.2, 0.25) is 0 Å². The molecule has 0 spiro atoms. The molecule has 8 aromatic rings. The van der Waals surface area contributed by atoms with E-state index in [2.05, 4.69) is 97.9 Å². The zero-order chi connectivity index (χ0) is 40.0. The molecule has 0 bridgehead atoms. The third-order valence-corrected chi connectivity index (χ3v) is 9.56. The minimum Gasteiger partial charge on any atom is -0.456 e. The second-order valence-corrected chi connectivity index (χ2v) is 14.5. The molecule has 3 aromatic heterocycles. The summed E-state index contributed by atoms with van der Waals surface area (Å²) in [6.45, 7) is 10.8. The molecule has 8 heteroatoms. The summed E-state index contributed by atoms with van der Waals surface area (Å²) in [6.07, 6.45) is -5.62. The van der Waals surface area contributed by atoms with Gasteiger partial charge in [0, 0.05) is 51.1 Å². The molecule has 0 saturated heterocycles. The first-order valence-electron chi connectivity index (χ1n) is 19.0. The number of halogens is 3. The topological polar surface area (TPSA) is 43.9 Å². The van der Waals surface area contributed by atoms with Crippen LogP contribution in [0.1, 0.15) is 72.8 Å². The van der Waals surface area contributed by atoms with Crippen molar-refractivity contribution in [2.45, 2.75) is 65.9 Å². The van der Waals surface area contributed by atoms with Gasteiger partial charge in [-0.25, -0.2) is 0 Å². The normalized spacial score (nSPS) is 12.8. The molecule has 3 heterocycles. The van der Waals surface area contributed by atoms with Crippen molar-refractivity contribution in [3.05, 3.63) is 150 Å². The maximum absolute atomic E-state index is 13.1. The number of alkyl halides is 3. The van der Waals surface area contributed by atoms with Crippen LogP contribution in [0, 0.1) is 17.5 Å². The average Bonchev–Trinajstić information content (AvgIpc) is 3.76. The van der Waals surface area contributed by atoms with E-state index in [1.807, 2.05) is 30.3 Å². The van der Waals surface area contributed by atoms with Crippen LogP contribution in [0.25, 0.3) is 61.3 Å². The largest absolute Gasteiger partial charge is 0.456 e. The van der Waals surface area contributed by atoms with Gasteiger partial charge in [-0.05, 0) is 59.8 Å². The molecule has 1 radical (unpaired) electrons. The number of rotatable bonds is 7. The Morgan fingerprint density at radius 3 is 2.18 bits per heavy atom. The second-order valence-electron chi connectivity index (χ2n) is 14.5. The first-order valence-corrected chi connectivity index (χ1v) is 18.0. The standard InChI is InChI=1S/C31H27N2O.C16H15F3N.Ir/c1-19(2)23-18-24-22-14-8-11-17-27(22)34-30(24)28(20(3)4)29(23)33-26-16-10-9-15-25(26)32-31(33)21-12-6-5-7-13-21;1-15(2,16(17,18)19)11-12-6-8-13(9-7-12)14-5-3-4-10-20-14;/h5-12,14-20H,1-4H3;3-8,10H,11H2,1-2H3;/q2*-1;/i;11D2;. The molecule has 4 nitrogen and oxygen atoms in total. The Hall–Kier alpha value is -5.04. The number of benzene rings is 5. The van der Waals surface area contributed by atoms with E-state index in [-0.39, 0.29) is 31.6 Å². The Labute approximate surface area is 336 Å². The smallest absolute Gasteiger partial charge is 0.393 e. The first kappa shape index (κ1) is 36.9. The number of aromatic nitrogens is 3. The fourth-order valence-corrected chi connectivity index (χ4v) is 6.70. The van der Waals surface area contributed by atoms with E-state index < -0.39 is 18.0 Å². The molecule has 0 N–H and O–H groups in total. The molecular formula is C47H42F3IrN3O-2. The van der Waals surface area contributed by atoms with Crippen molar-refractivity contribution in [2.24, 2.45) is 5.41 Å². The van der Waals surface area contributed by atoms with Gasteiger partial charge in [-0.2, -0.15) is 13.2 Å². The molecule has 0 aliphatic carbocycles. The predicted molar refractivity (Wildman–Crippen MR) is 213 cm³/mol. The van der Waals surface area contributed by atoms with Gasteiger partial charge in [-0.3, -0.25) is 4.98 Å². The fourth-order valence-electron chi connectivity index (χ4n) is 6.70. The van der Waals surface area contributed by atoms with E-state index in [0.717, 1.165) is 47.4 Å². The van der Waals surface area contributed by atoms with Crippen molar-refractivity contribution < 1.29 is 40.4 Å². The average molecular weight is 916 g/mol. The number of imidazole rings is 1. The fraction of sp³-hybridized carbons (Fsp3) is 0.234. The number of para-hydroxylation sites is 3. The van der Waals surface area contributed by atoms with E-state index in [1.165, 1.54) is 45.8 Å². The van der Waals surface area contributed by atoms with Gasteiger partial charge < -0.3 is 14.0 Å². The summed E-state index contributed by atoms with van der Waals surface area (Å²) in [5.41, 5.74) is 7.29. The van der Waals surface area contributed by atoms with Crippen LogP contribution < -0.4 is 0 Å². The quantitative estimate of drug-likeness (QED) is 0.150. The summed E-state index contributed by atoms with van der Waals surface area (Å²) in [5, 5.41) is 2.35. The monoisotopic (exact) mass is 916 g/mol. The van der Waals surface area contributed by atoms with Gasteiger partial charge in [0.25, 0.3) is 0 Å². The summed E-state index contributed by atoms with van der Waals surface area (Å²) in [7, 11) is 0. The van der Waals surface area contributed by atoms with Gasteiger partial charge in [0.1, 0.15) is 11.2 Å². The molecule has 0 atom stereocenters. The van der Waals surface area contributed by atoms with Crippen LogP contribution >= 0.6 is 0 Å². The summed E-state index contributed by atoms with van der Waals surface area (Å²) in [5.74, 6) is 1.48. The summed E-state index contributed by atoms with van der Waals surface area (Å²) >= 11 is 0. The van der Waals surface area contributed by atoms with Crippen molar-refractivity contribution in [3.63, 3.8) is 0 Å². The maximum Gasteiger partial charge on any atom is 0.393 e. The number of furan rings is 1.